The van der Waals surface area contributed by atoms with Crippen LogP contribution in [0.4, 0.5) is 0 Å². The maximum Gasteiger partial charge on any atom is 2.00 e. The average Bonchev–Trinajstić information content (AvgIpc) is 3.31. The number of carboxylic acids is 1. The number of carboxylic acid groups (broad SMARTS) is 1. The summed E-state index contributed by atoms with van der Waals surface area (Å²) in [5.41, 5.74) is -3.67. The summed E-state index contributed by atoms with van der Waals surface area (Å²) in [5, 5.41) is 25.5. The van der Waals surface area contributed by atoms with E-state index in [4.69, 9.17) is 13.9 Å². The Hall–Kier alpha value is -1.87. The second-order valence-electron chi connectivity index (χ2n) is 9.22. The Bertz CT molecular complexity index is 1050. The van der Waals surface area contributed by atoms with Crippen molar-refractivity contribution in [2.24, 2.45) is 11.3 Å². The molecule has 2 aliphatic carbocycles. The van der Waals surface area contributed by atoms with Crippen LogP contribution in [0.25, 0.3) is 0 Å². The molecule has 0 spiro atoms. The minimum atomic E-state index is -1.64. The molecule has 1 aliphatic heterocycles. The summed E-state index contributed by atoms with van der Waals surface area (Å²) >= 11 is 0. The summed E-state index contributed by atoms with van der Waals surface area (Å²) in [7, 11) is 0. The molecule has 2 heterocycles. The number of rotatable bonds is 6. The average molecular weight is 495 g/mol. The quantitative estimate of drug-likeness (QED) is 0.249. The standard InChI is InChI=1S/C25H27O8.Ca/c1-16(21(28)32-15-18-6-4-14-31-18)5-3-10-23(2)19-9-12-24(22(29)33-23)11-7-17(20(26)27)8-13-25(19,24)30;/h3-7,10,14,19H,8-9,11-13,15H2,1-2H3,(H,26,27);/q-1;+2/p-1/b10-3+,16-5+;/t19-,23+,24+,25-;/m0./s1. The molecule has 34 heavy (non-hydrogen) atoms. The Balaban J connectivity index is 0.00000324. The molecule has 0 unspecified atom stereocenters. The smallest absolute Gasteiger partial charge is 0.848 e. The zero-order valence-electron chi connectivity index (χ0n) is 19.3. The molecule has 0 radical (unpaired) electrons. The zero-order valence-corrected chi connectivity index (χ0v) is 21.5. The molecule has 9 heteroatoms. The van der Waals surface area contributed by atoms with Gasteiger partial charge in [0.05, 0.1) is 17.6 Å². The molecular formula is C25H26CaO8. The van der Waals surface area contributed by atoms with E-state index in [2.05, 4.69) is 0 Å². The Morgan fingerprint density at radius 1 is 1.32 bits per heavy atom. The van der Waals surface area contributed by atoms with Crippen molar-refractivity contribution in [3.8, 4) is 0 Å². The molecule has 1 saturated carbocycles. The first-order chi connectivity index (χ1) is 15.6. The van der Waals surface area contributed by atoms with Crippen molar-refractivity contribution in [3.63, 3.8) is 0 Å². The molecule has 1 aromatic heterocycles. The number of esters is 2. The van der Waals surface area contributed by atoms with Gasteiger partial charge in [-0.1, -0.05) is 30.2 Å². The maximum absolute atomic E-state index is 14.2. The number of ether oxygens (including phenoxy) is 2. The monoisotopic (exact) mass is 494 g/mol. The number of allylic oxidation sites excluding steroid dienone is 3. The maximum atomic E-state index is 14.2. The van der Waals surface area contributed by atoms with Crippen LogP contribution in [0.3, 0.4) is 0 Å². The van der Waals surface area contributed by atoms with Gasteiger partial charge in [-0.2, -0.15) is 0 Å². The van der Waals surface area contributed by atoms with Gasteiger partial charge in [-0.15, -0.1) is 0 Å². The molecule has 1 saturated heterocycles. The molecule has 0 N–H and O–H groups in total. The van der Waals surface area contributed by atoms with Crippen LogP contribution in [0.1, 0.15) is 51.7 Å². The van der Waals surface area contributed by atoms with E-state index in [1.807, 2.05) is 0 Å². The van der Waals surface area contributed by atoms with Crippen molar-refractivity contribution in [2.45, 2.75) is 63.8 Å². The molecule has 4 atom stereocenters. The van der Waals surface area contributed by atoms with Gasteiger partial charge in [0.2, 0.25) is 0 Å². The molecule has 1 aromatic rings. The van der Waals surface area contributed by atoms with E-state index in [0.717, 1.165) is 0 Å². The molecule has 3 aliphatic rings. The Morgan fingerprint density at radius 2 is 2.09 bits per heavy atom. The second kappa shape index (κ2) is 10.0. The number of hydrogen-bond acceptors (Lipinski definition) is 8. The Morgan fingerprint density at radius 3 is 2.76 bits per heavy atom. The molecule has 176 valence electrons. The van der Waals surface area contributed by atoms with Crippen LogP contribution >= 0.6 is 0 Å². The second-order valence-corrected chi connectivity index (χ2v) is 9.22. The summed E-state index contributed by atoms with van der Waals surface area (Å²) in [6, 6.07) is 3.40. The van der Waals surface area contributed by atoms with E-state index < -0.39 is 40.4 Å². The number of cyclic esters (lactones) is 1. The van der Waals surface area contributed by atoms with Crippen molar-refractivity contribution >= 4 is 55.6 Å². The van der Waals surface area contributed by atoms with Gasteiger partial charge in [0.25, 0.3) is 0 Å². The van der Waals surface area contributed by atoms with Gasteiger partial charge < -0.3 is 28.9 Å². The van der Waals surface area contributed by atoms with Crippen LogP contribution in [-0.4, -0.2) is 66.8 Å². The van der Waals surface area contributed by atoms with Gasteiger partial charge in [0, 0.05) is 5.57 Å². The summed E-state index contributed by atoms with van der Waals surface area (Å²) in [6.07, 6.45) is 8.71. The number of hydrogen-bond donors (Lipinski definition) is 0. The van der Waals surface area contributed by atoms with E-state index in [0.29, 0.717) is 24.2 Å². The third-order valence-corrected chi connectivity index (χ3v) is 7.37. The molecule has 4 rings (SSSR count). The van der Waals surface area contributed by atoms with Crippen molar-refractivity contribution in [3.05, 3.63) is 59.6 Å². The SMILES string of the molecule is C/C(=C\C=C\[C@@]1(C)OC(=O)[C@]23CC=C(C(=O)[O-])CC[C@]2([O-])[C@H]1CC3)C(=O)OCc1ccco1.[Ca+2]. The topological polar surface area (TPSA) is 129 Å². The van der Waals surface area contributed by atoms with Crippen LogP contribution in [0.2, 0.25) is 0 Å². The van der Waals surface area contributed by atoms with Gasteiger partial charge in [-0.3, -0.25) is 4.79 Å². The summed E-state index contributed by atoms with van der Waals surface area (Å²) in [6.45, 7) is 3.30. The van der Waals surface area contributed by atoms with Crippen molar-refractivity contribution in [1.82, 2.24) is 0 Å². The number of aliphatic carboxylic acids is 1. The minimum Gasteiger partial charge on any atom is -0.848 e. The van der Waals surface area contributed by atoms with Crippen molar-refractivity contribution in [1.29, 1.82) is 0 Å². The number of carbonyl (C=O) groups excluding carboxylic acids is 3. The zero-order chi connectivity index (χ0) is 23.9. The predicted octanol–water partition coefficient (Wildman–Crippen LogP) is 1.12. The normalized spacial score (nSPS) is 32.8. The molecule has 0 aromatic carbocycles. The van der Waals surface area contributed by atoms with E-state index in [9.17, 15) is 24.6 Å². The van der Waals surface area contributed by atoms with E-state index >= 15 is 0 Å². The van der Waals surface area contributed by atoms with Crippen LogP contribution in [0.15, 0.2) is 58.3 Å². The summed E-state index contributed by atoms with van der Waals surface area (Å²) in [4.78, 5) is 36.6. The third-order valence-electron chi connectivity index (χ3n) is 7.37. The van der Waals surface area contributed by atoms with Gasteiger partial charge in [-0.25, -0.2) is 4.79 Å². The van der Waals surface area contributed by atoms with Gasteiger partial charge in [0.1, 0.15) is 18.0 Å². The largest absolute Gasteiger partial charge is 2.00 e. The number of carbonyl (C=O) groups is 3. The van der Waals surface area contributed by atoms with Crippen molar-refractivity contribution < 1.29 is 38.5 Å². The van der Waals surface area contributed by atoms with Crippen LogP contribution < -0.4 is 10.2 Å². The molecule has 8 nitrogen and oxygen atoms in total. The first-order valence-corrected chi connectivity index (χ1v) is 11.0. The molecular weight excluding hydrogens is 468 g/mol. The predicted molar refractivity (Wildman–Crippen MR) is 116 cm³/mol. The van der Waals surface area contributed by atoms with Crippen LogP contribution in [0, 0.1) is 11.3 Å². The van der Waals surface area contributed by atoms with E-state index in [1.54, 1.807) is 44.2 Å². The van der Waals surface area contributed by atoms with Gasteiger partial charge in [0.15, 0.2) is 0 Å². The Labute approximate surface area is 227 Å². The Kier molecular flexibility index (Phi) is 7.87. The fourth-order valence-electron chi connectivity index (χ4n) is 5.49. The first kappa shape index (κ1) is 26.7. The first-order valence-electron chi connectivity index (χ1n) is 11.0. The van der Waals surface area contributed by atoms with Crippen LogP contribution in [-0.2, 0) is 30.5 Å². The van der Waals surface area contributed by atoms with Crippen molar-refractivity contribution in [2.75, 3.05) is 0 Å². The molecule has 2 fully saturated rings. The molecule has 2 bridgehead atoms. The van der Waals surface area contributed by atoms with Gasteiger partial charge >= 0.3 is 49.7 Å². The summed E-state index contributed by atoms with van der Waals surface area (Å²) < 4.78 is 16.1. The third kappa shape index (κ3) is 4.53. The van der Waals surface area contributed by atoms with Gasteiger partial charge in [-0.05, 0) is 69.2 Å². The van der Waals surface area contributed by atoms with E-state index in [-0.39, 0.29) is 69.2 Å². The molecule has 0 amide bonds. The van der Waals surface area contributed by atoms with E-state index in [1.165, 1.54) is 12.3 Å². The minimum absolute atomic E-state index is 0. The summed E-state index contributed by atoms with van der Waals surface area (Å²) in [5.74, 6) is -2.41. The number of furan rings is 1. The fraction of sp³-hybridized carbons (Fsp3) is 0.480. The fourth-order valence-corrected chi connectivity index (χ4v) is 5.49. The van der Waals surface area contributed by atoms with Crippen LogP contribution in [0.5, 0.6) is 0 Å².